The highest BCUT2D eigenvalue weighted by Gasteiger charge is 1.98. The lowest BCUT2D eigenvalue weighted by atomic mass is 10.1. The van der Waals surface area contributed by atoms with Crippen LogP contribution in [0.2, 0.25) is 0 Å². The minimum absolute atomic E-state index is 0.129. The van der Waals surface area contributed by atoms with Crippen LogP contribution in [0.5, 0.6) is 0 Å². The Bertz CT molecular complexity index is 207. The quantitative estimate of drug-likeness (QED) is 0.606. The summed E-state index contributed by atoms with van der Waals surface area (Å²) in [6, 6.07) is 1.69. The van der Waals surface area contributed by atoms with Gasteiger partial charge in [0, 0.05) is 12.2 Å². The van der Waals surface area contributed by atoms with E-state index < -0.39 is 0 Å². The molecule has 52 valence electrons. The fourth-order valence-electron chi connectivity index (χ4n) is 0.634. The summed E-state index contributed by atoms with van der Waals surface area (Å²) in [7, 11) is 0. The van der Waals surface area contributed by atoms with Gasteiger partial charge in [0.25, 0.3) is 0 Å². The Hall–Kier alpha value is -1.22. The van der Waals surface area contributed by atoms with Gasteiger partial charge in [-0.05, 0) is 11.6 Å². The number of nitrogens with zero attached hydrogens (tertiary/aromatic N) is 2. The lowest BCUT2D eigenvalue weighted by molar-refractivity contribution is 0.879. The second-order valence-corrected chi connectivity index (χ2v) is 1.94. The van der Waals surface area contributed by atoms with Crippen LogP contribution in [0.25, 0.3) is 0 Å². The Morgan fingerprint density at radius 3 is 2.90 bits per heavy atom. The van der Waals surface area contributed by atoms with Crippen molar-refractivity contribution in [2.24, 2.45) is 5.73 Å². The molecule has 1 unspecified atom stereocenters. The second kappa shape index (κ2) is 3.08. The third kappa shape index (κ3) is 1.39. The molecule has 0 radical (unpaired) electrons. The van der Waals surface area contributed by atoms with Crippen molar-refractivity contribution in [2.45, 2.75) is 6.04 Å². The number of rotatable bonds is 2. The smallest absolute Gasteiger partial charge is 0.0547 e. The second-order valence-electron chi connectivity index (χ2n) is 1.94. The molecule has 0 saturated heterocycles. The third-order valence-electron chi connectivity index (χ3n) is 1.25. The van der Waals surface area contributed by atoms with Crippen molar-refractivity contribution in [1.82, 2.24) is 10.2 Å². The molecular weight excluding hydrogens is 126 g/mol. The highest BCUT2D eigenvalue weighted by atomic mass is 15.1. The fraction of sp³-hybridized carbons (Fsp3) is 0.143. The van der Waals surface area contributed by atoms with Gasteiger partial charge in [-0.2, -0.15) is 10.2 Å². The number of hydrogen-bond donors (Lipinski definition) is 1. The molecule has 0 aliphatic heterocycles. The van der Waals surface area contributed by atoms with Crippen LogP contribution in [0.4, 0.5) is 0 Å². The molecule has 1 aromatic heterocycles. The van der Waals surface area contributed by atoms with Crippen LogP contribution in [0.15, 0.2) is 31.1 Å². The van der Waals surface area contributed by atoms with Crippen molar-refractivity contribution in [3.63, 3.8) is 0 Å². The predicted octanol–water partition coefficient (Wildman–Crippen LogP) is 0.662. The molecule has 1 heterocycles. The van der Waals surface area contributed by atoms with Crippen molar-refractivity contribution >= 4 is 0 Å². The zero-order valence-electron chi connectivity index (χ0n) is 5.57. The van der Waals surface area contributed by atoms with Crippen molar-refractivity contribution in [2.75, 3.05) is 0 Å². The van der Waals surface area contributed by atoms with Gasteiger partial charge >= 0.3 is 0 Å². The summed E-state index contributed by atoms with van der Waals surface area (Å²) in [6.45, 7) is 3.56. The molecule has 0 saturated carbocycles. The molecule has 0 spiro atoms. The van der Waals surface area contributed by atoms with Crippen molar-refractivity contribution in [3.8, 4) is 0 Å². The van der Waals surface area contributed by atoms with Crippen LogP contribution in [-0.2, 0) is 0 Å². The topological polar surface area (TPSA) is 51.8 Å². The van der Waals surface area contributed by atoms with Crippen molar-refractivity contribution < 1.29 is 0 Å². The Kier molecular flexibility index (Phi) is 2.12. The molecule has 0 aliphatic carbocycles. The molecule has 1 atom stereocenters. The van der Waals surface area contributed by atoms with Crippen LogP contribution in [0.3, 0.4) is 0 Å². The van der Waals surface area contributed by atoms with E-state index in [0.29, 0.717) is 0 Å². The van der Waals surface area contributed by atoms with E-state index in [2.05, 4.69) is 16.8 Å². The van der Waals surface area contributed by atoms with E-state index in [1.807, 2.05) is 6.07 Å². The molecule has 3 nitrogen and oxygen atoms in total. The summed E-state index contributed by atoms with van der Waals surface area (Å²) in [4.78, 5) is 0. The van der Waals surface area contributed by atoms with Gasteiger partial charge in [-0.1, -0.05) is 6.08 Å². The molecule has 0 bridgehead atoms. The summed E-state index contributed by atoms with van der Waals surface area (Å²) in [5, 5.41) is 7.30. The number of aromatic nitrogens is 2. The van der Waals surface area contributed by atoms with Gasteiger partial charge in [0.2, 0.25) is 0 Å². The van der Waals surface area contributed by atoms with E-state index in [1.54, 1.807) is 18.5 Å². The van der Waals surface area contributed by atoms with Crippen molar-refractivity contribution in [1.29, 1.82) is 0 Å². The molecule has 3 heteroatoms. The average molecular weight is 135 g/mol. The first kappa shape index (κ1) is 6.89. The summed E-state index contributed by atoms with van der Waals surface area (Å²) >= 11 is 0. The molecule has 10 heavy (non-hydrogen) atoms. The van der Waals surface area contributed by atoms with E-state index >= 15 is 0 Å². The zero-order chi connectivity index (χ0) is 7.40. The van der Waals surface area contributed by atoms with Gasteiger partial charge in [-0.15, -0.1) is 6.58 Å². The molecule has 0 amide bonds. The van der Waals surface area contributed by atoms with E-state index in [0.717, 1.165) is 5.56 Å². The van der Waals surface area contributed by atoms with Crippen LogP contribution >= 0.6 is 0 Å². The lowest BCUT2D eigenvalue weighted by Crippen LogP contribution is -2.06. The molecule has 0 aliphatic rings. The lowest BCUT2D eigenvalue weighted by Gasteiger charge is -2.02. The Morgan fingerprint density at radius 2 is 2.40 bits per heavy atom. The van der Waals surface area contributed by atoms with Crippen molar-refractivity contribution in [3.05, 3.63) is 36.7 Å². The van der Waals surface area contributed by atoms with E-state index in [4.69, 9.17) is 5.73 Å². The van der Waals surface area contributed by atoms with Crippen LogP contribution in [0.1, 0.15) is 11.6 Å². The monoisotopic (exact) mass is 135 g/mol. The first-order chi connectivity index (χ1) is 4.84. The zero-order valence-corrected chi connectivity index (χ0v) is 5.57. The predicted molar refractivity (Wildman–Crippen MR) is 39.2 cm³/mol. The highest BCUT2D eigenvalue weighted by molar-refractivity contribution is 5.15. The summed E-state index contributed by atoms with van der Waals surface area (Å²) in [5.74, 6) is 0. The first-order valence-corrected chi connectivity index (χ1v) is 2.99. The summed E-state index contributed by atoms with van der Waals surface area (Å²) in [5.41, 5.74) is 6.54. The summed E-state index contributed by atoms with van der Waals surface area (Å²) < 4.78 is 0. The average Bonchev–Trinajstić information content (AvgIpc) is 2.05. The van der Waals surface area contributed by atoms with E-state index in [9.17, 15) is 0 Å². The number of hydrogen-bond acceptors (Lipinski definition) is 3. The first-order valence-electron chi connectivity index (χ1n) is 2.99. The SMILES string of the molecule is C=CC(N)c1ccnnc1. The third-order valence-corrected chi connectivity index (χ3v) is 1.25. The fourth-order valence-corrected chi connectivity index (χ4v) is 0.634. The maximum atomic E-state index is 5.61. The molecular formula is C7H9N3. The minimum Gasteiger partial charge on any atom is -0.321 e. The van der Waals surface area contributed by atoms with Gasteiger partial charge in [0.15, 0.2) is 0 Å². The van der Waals surface area contributed by atoms with Crippen LogP contribution in [-0.4, -0.2) is 10.2 Å². The maximum absolute atomic E-state index is 5.61. The Labute approximate surface area is 59.6 Å². The van der Waals surface area contributed by atoms with E-state index in [-0.39, 0.29) is 6.04 Å². The molecule has 1 rings (SSSR count). The van der Waals surface area contributed by atoms with Gasteiger partial charge in [0.05, 0.1) is 6.20 Å². The summed E-state index contributed by atoms with van der Waals surface area (Å²) in [6.07, 6.45) is 4.90. The largest absolute Gasteiger partial charge is 0.321 e. The van der Waals surface area contributed by atoms with Crippen LogP contribution < -0.4 is 5.73 Å². The van der Waals surface area contributed by atoms with Gasteiger partial charge < -0.3 is 5.73 Å². The number of nitrogens with two attached hydrogens (primary N) is 1. The normalized spacial score (nSPS) is 12.5. The molecule has 0 aromatic carbocycles. The van der Waals surface area contributed by atoms with Gasteiger partial charge in [-0.3, -0.25) is 0 Å². The maximum Gasteiger partial charge on any atom is 0.0547 e. The minimum atomic E-state index is -0.129. The Balaban J connectivity index is 2.84. The standard InChI is InChI=1S/C7H9N3/c1-2-7(8)6-3-4-9-10-5-6/h2-5,7H,1,8H2. The van der Waals surface area contributed by atoms with Gasteiger partial charge in [-0.25, -0.2) is 0 Å². The van der Waals surface area contributed by atoms with E-state index in [1.165, 1.54) is 0 Å². The van der Waals surface area contributed by atoms with Gasteiger partial charge in [0.1, 0.15) is 0 Å². The van der Waals surface area contributed by atoms with Crippen LogP contribution in [0, 0.1) is 0 Å². The molecule has 0 fully saturated rings. The Morgan fingerprint density at radius 1 is 1.60 bits per heavy atom. The molecule has 2 N–H and O–H groups in total. The highest BCUT2D eigenvalue weighted by Crippen LogP contribution is 2.06. The molecule has 1 aromatic rings.